The van der Waals surface area contributed by atoms with Crippen molar-refractivity contribution in [1.29, 1.82) is 0 Å². The molecule has 1 aliphatic heterocycles. The largest absolute Gasteiger partial charge is 0.351 e. The lowest BCUT2D eigenvalue weighted by molar-refractivity contribution is -0.119. The summed E-state index contributed by atoms with van der Waals surface area (Å²) < 4.78 is 1.74. The van der Waals surface area contributed by atoms with Crippen molar-refractivity contribution in [3.8, 4) is 0 Å². The lowest BCUT2D eigenvalue weighted by atomic mass is 10.00. The Morgan fingerprint density at radius 1 is 1.17 bits per heavy atom. The Morgan fingerprint density at radius 2 is 1.93 bits per heavy atom. The summed E-state index contributed by atoms with van der Waals surface area (Å²) in [5.74, 6) is 0.404. The highest BCUT2D eigenvalue weighted by atomic mass is 16.2. The predicted molar refractivity (Wildman–Crippen MR) is 112 cm³/mol. The molecule has 146 valence electrons. The first-order valence-electron chi connectivity index (χ1n) is 9.44. The highest BCUT2D eigenvalue weighted by molar-refractivity contribution is 5.89. The van der Waals surface area contributed by atoms with E-state index in [1.54, 1.807) is 10.8 Å². The number of rotatable bonds is 6. The summed E-state index contributed by atoms with van der Waals surface area (Å²) in [5, 5.41) is 15.1. The molecule has 29 heavy (non-hydrogen) atoms. The van der Waals surface area contributed by atoms with Gasteiger partial charge in [0.05, 0.1) is 5.70 Å². The summed E-state index contributed by atoms with van der Waals surface area (Å²) in [6.07, 6.45) is 3.75. The molecular weight excluding hydrogens is 364 g/mol. The minimum Gasteiger partial charge on any atom is -0.351 e. The van der Waals surface area contributed by atoms with Crippen molar-refractivity contribution in [3.63, 3.8) is 0 Å². The number of anilines is 1. The minimum atomic E-state index is -0.162. The molecule has 1 aliphatic rings. The van der Waals surface area contributed by atoms with Crippen LogP contribution in [0.1, 0.15) is 22.7 Å². The van der Waals surface area contributed by atoms with Gasteiger partial charge in [-0.3, -0.25) is 9.69 Å². The van der Waals surface area contributed by atoms with Gasteiger partial charge in [-0.1, -0.05) is 71.3 Å². The summed E-state index contributed by atoms with van der Waals surface area (Å²) in [6, 6.07) is 18.1. The molecule has 1 unspecified atom stereocenters. The number of allylic oxidation sites excluding steroid dienone is 1. The number of fused-ring (bicyclic) bond motifs is 1. The molecule has 0 radical (unpaired) electrons. The maximum atomic E-state index is 12.5. The van der Waals surface area contributed by atoms with Crippen LogP contribution in [0.4, 0.5) is 5.95 Å². The van der Waals surface area contributed by atoms with E-state index in [0.717, 1.165) is 16.8 Å². The van der Waals surface area contributed by atoms with Crippen LogP contribution in [0.15, 0.2) is 73.3 Å². The number of amides is 1. The van der Waals surface area contributed by atoms with E-state index in [1.807, 2.05) is 42.2 Å². The van der Waals surface area contributed by atoms with Crippen LogP contribution in [0.25, 0.3) is 5.70 Å². The van der Waals surface area contributed by atoms with E-state index in [9.17, 15) is 4.79 Å². The Morgan fingerprint density at radius 3 is 2.66 bits per heavy atom. The fourth-order valence-corrected chi connectivity index (χ4v) is 3.37. The second kappa shape index (κ2) is 8.10. The number of aromatic nitrogens is 4. The zero-order chi connectivity index (χ0) is 20.2. The third-order valence-corrected chi connectivity index (χ3v) is 4.82. The van der Waals surface area contributed by atoms with Crippen LogP contribution in [0.3, 0.4) is 0 Å². The van der Waals surface area contributed by atoms with Gasteiger partial charge >= 0.3 is 0 Å². The lowest BCUT2D eigenvalue weighted by Gasteiger charge is -2.32. The van der Waals surface area contributed by atoms with Crippen molar-refractivity contribution in [2.45, 2.75) is 13.0 Å². The van der Waals surface area contributed by atoms with E-state index in [1.165, 1.54) is 5.56 Å². The number of hydrogen-bond acceptors (Lipinski definition) is 5. The summed E-state index contributed by atoms with van der Waals surface area (Å²) in [5.41, 5.74) is 4.14. The van der Waals surface area contributed by atoms with Gasteiger partial charge in [0, 0.05) is 6.54 Å². The van der Waals surface area contributed by atoms with E-state index in [0.29, 0.717) is 12.5 Å². The molecule has 2 aromatic carbocycles. The lowest BCUT2D eigenvalue weighted by Crippen LogP contribution is -2.40. The molecule has 0 aliphatic carbocycles. The molecule has 0 spiro atoms. The average molecular weight is 386 g/mol. The monoisotopic (exact) mass is 386 g/mol. The van der Waals surface area contributed by atoms with Gasteiger partial charge in [0.25, 0.3) is 5.95 Å². The average Bonchev–Trinajstić information content (AvgIpc) is 3.24. The molecule has 7 heteroatoms. The summed E-state index contributed by atoms with van der Waals surface area (Å²) in [6.45, 7) is 6.21. The molecule has 7 nitrogen and oxygen atoms in total. The second-order valence-electron chi connectivity index (χ2n) is 6.88. The first-order chi connectivity index (χ1) is 14.2. The normalized spacial score (nSPS) is 15.4. The smallest absolute Gasteiger partial charge is 0.251 e. The molecule has 0 saturated carbocycles. The molecule has 2 heterocycles. The molecule has 1 amide bonds. The van der Waals surface area contributed by atoms with Gasteiger partial charge in [-0.15, -0.1) is 6.58 Å². The Labute approximate surface area is 169 Å². The third-order valence-electron chi connectivity index (χ3n) is 4.82. The first kappa shape index (κ1) is 18.6. The van der Waals surface area contributed by atoms with Gasteiger partial charge < -0.3 is 5.32 Å². The fraction of sp³-hybridized carbons (Fsp3) is 0.182. The molecular formula is C22H22N6O. The summed E-state index contributed by atoms with van der Waals surface area (Å²) in [7, 11) is 0. The van der Waals surface area contributed by atoms with Crippen LogP contribution < -0.4 is 10.2 Å². The molecule has 0 saturated heterocycles. The van der Waals surface area contributed by atoms with E-state index < -0.39 is 0 Å². The van der Waals surface area contributed by atoms with Crippen molar-refractivity contribution >= 4 is 17.6 Å². The number of carbonyl (C=O) groups excluding carboxylic acids is 1. The minimum absolute atomic E-state index is 0.107. The van der Waals surface area contributed by atoms with Crippen molar-refractivity contribution in [1.82, 2.24) is 25.5 Å². The third kappa shape index (κ3) is 3.80. The van der Waals surface area contributed by atoms with Gasteiger partial charge in [-0.2, -0.15) is 4.68 Å². The van der Waals surface area contributed by atoms with Crippen LogP contribution in [0.2, 0.25) is 0 Å². The van der Waals surface area contributed by atoms with Crippen LogP contribution in [0.5, 0.6) is 0 Å². The van der Waals surface area contributed by atoms with Gasteiger partial charge in [-0.05, 0) is 34.6 Å². The zero-order valence-corrected chi connectivity index (χ0v) is 16.2. The van der Waals surface area contributed by atoms with E-state index in [-0.39, 0.29) is 18.5 Å². The number of nitrogens with zero attached hydrogens (tertiary/aromatic N) is 5. The van der Waals surface area contributed by atoms with Crippen LogP contribution in [0, 0.1) is 6.92 Å². The number of hydrogen-bond donors (Lipinski definition) is 1. The Balaban J connectivity index is 1.79. The number of aryl methyl sites for hydroxylation is 1. The van der Waals surface area contributed by atoms with Gasteiger partial charge in [-0.25, -0.2) is 0 Å². The zero-order valence-electron chi connectivity index (χ0n) is 16.2. The quantitative estimate of drug-likeness (QED) is 0.659. The van der Waals surface area contributed by atoms with Crippen molar-refractivity contribution in [2.24, 2.45) is 0 Å². The van der Waals surface area contributed by atoms with Crippen LogP contribution in [-0.2, 0) is 4.79 Å². The summed E-state index contributed by atoms with van der Waals surface area (Å²) >= 11 is 0. The maximum Gasteiger partial charge on any atom is 0.251 e. The molecule has 4 rings (SSSR count). The van der Waals surface area contributed by atoms with Crippen LogP contribution >= 0.6 is 0 Å². The number of tetrazole rings is 1. The van der Waals surface area contributed by atoms with E-state index in [4.69, 9.17) is 0 Å². The van der Waals surface area contributed by atoms with Crippen molar-refractivity contribution in [3.05, 3.63) is 90.0 Å². The number of benzene rings is 2. The van der Waals surface area contributed by atoms with E-state index in [2.05, 4.69) is 57.8 Å². The SMILES string of the molecule is C=CCNC(=O)CN1C(c2ccc(C)cc2)=CC(c2ccccc2)n2nnnc21. The fourth-order valence-electron chi connectivity index (χ4n) is 3.37. The topological polar surface area (TPSA) is 75.9 Å². The second-order valence-corrected chi connectivity index (χ2v) is 6.88. The highest BCUT2D eigenvalue weighted by Crippen LogP contribution is 2.35. The van der Waals surface area contributed by atoms with Gasteiger partial charge in [0.15, 0.2) is 0 Å². The molecule has 1 aromatic heterocycles. The Bertz CT molecular complexity index is 1040. The molecule has 1 atom stereocenters. The number of carbonyl (C=O) groups is 1. The maximum absolute atomic E-state index is 12.5. The predicted octanol–water partition coefficient (Wildman–Crippen LogP) is 2.73. The number of nitrogens with one attached hydrogen (secondary N) is 1. The van der Waals surface area contributed by atoms with Gasteiger partial charge in [0.1, 0.15) is 12.6 Å². The molecule has 1 N–H and O–H groups in total. The standard InChI is InChI=1S/C22H22N6O/c1-3-13-23-21(29)15-27-19(18-11-9-16(2)10-12-18)14-20(17-7-5-4-6-8-17)28-22(27)24-25-26-28/h3-12,14,20H,1,13,15H2,2H3,(H,23,29). The Hall–Kier alpha value is -3.74. The van der Waals surface area contributed by atoms with E-state index >= 15 is 0 Å². The highest BCUT2D eigenvalue weighted by Gasteiger charge is 2.31. The molecule has 0 fully saturated rings. The molecule has 0 bridgehead atoms. The van der Waals surface area contributed by atoms with Crippen molar-refractivity contribution in [2.75, 3.05) is 18.0 Å². The van der Waals surface area contributed by atoms with Crippen molar-refractivity contribution < 1.29 is 4.79 Å². The summed E-state index contributed by atoms with van der Waals surface area (Å²) in [4.78, 5) is 14.3. The van der Waals surface area contributed by atoms with Gasteiger partial charge in [0.2, 0.25) is 5.91 Å². The first-order valence-corrected chi connectivity index (χ1v) is 9.44. The molecule has 3 aromatic rings. The van der Waals surface area contributed by atoms with Crippen LogP contribution in [-0.4, -0.2) is 39.2 Å². The Kier molecular flexibility index (Phi) is 5.20.